The number of amides is 2. The Balaban J connectivity index is 1.56. The summed E-state index contributed by atoms with van der Waals surface area (Å²) in [7, 11) is -3.81. The Labute approximate surface area is 173 Å². The van der Waals surface area contributed by atoms with E-state index >= 15 is 0 Å². The minimum atomic E-state index is -3.81. The van der Waals surface area contributed by atoms with Gasteiger partial charge in [0.15, 0.2) is 23.4 Å². The van der Waals surface area contributed by atoms with Gasteiger partial charge in [0.05, 0.1) is 0 Å². The fourth-order valence-electron chi connectivity index (χ4n) is 2.88. The van der Waals surface area contributed by atoms with Crippen LogP contribution < -0.4 is 15.6 Å². The monoisotopic (exact) mass is 439 g/mol. The molecule has 0 spiro atoms. The summed E-state index contributed by atoms with van der Waals surface area (Å²) in [5, 5.41) is -0.336. The van der Waals surface area contributed by atoms with Gasteiger partial charge < -0.3 is 9.15 Å². The molecule has 9 nitrogen and oxygen atoms in total. The molecular formula is C19H22FN3O6S. The van der Waals surface area contributed by atoms with Gasteiger partial charge in [-0.3, -0.25) is 20.4 Å². The van der Waals surface area contributed by atoms with E-state index in [1.54, 1.807) is 6.07 Å². The zero-order valence-electron chi connectivity index (χ0n) is 16.3. The lowest BCUT2D eigenvalue weighted by Gasteiger charge is -2.24. The zero-order valence-corrected chi connectivity index (χ0v) is 17.1. The Hall–Kier alpha value is -2.92. The van der Waals surface area contributed by atoms with E-state index in [0.717, 1.165) is 19.3 Å². The van der Waals surface area contributed by atoms with Gasteiger partial charge >= 0.3 is 5.91 Å². The van der Waals surface area contributed by atoms with Crippen molar-refractivity contribution in [2.75, 3.05) is 13.1 Å². The first kappa shape index (κ1) is 21.8. The highest BCUT2D eigenvalue weighted by atomic mass is 32.2. The summed E-state index contributed by atoms with van der Waals surface area (Å²) in [5.74, 6) is -2.60. The van der Waals surface area contributed by atoms with Crippen LogP contribution in [-0.2, 0) is 14.8 Å². The molecule has 2 amide bonds. The van der Waals surface area contributed by atoms with Gasteiger partial charge in [0.1, 0.15) is 0 Å². The number of sulfonamides is 1. The molecule has 0 aliphatic carbocycles. The number of carbonyl (C=O) groups is 2. The van der Waals surface area contributed by atoms with Crippen molar-refractivity contribution in [1.29, 1.82) is 0 Å². The molecule has 1 aromatic carbocycles. The van der Waals surface area contributed by atoms with Crippen LogP contribution in [0.25, 0.3) is 0 Å². The van der Waals surface area contributed by atoms with E-state index < -0.39 is 33.8 Å². The maximum Gasteiger partial charge on any atom is 0.305 e. The predicted molar refractivity (Wildman–Crippen MR) is 103 cm³/mol. The molecule has 1 saturated heterocycles. The van der Waals surface area contributed by atoms with Gasteiger partial charge in [0.25, 0.3) is 15.9 Å². The van der Waals surface area contributed by atoms with Crippen molar-refractivity contribution in [3.63, 3.8) is 0 Å². The van der Waals surface area contributed by atoms with Crippen LogP contribution in [0.5, 0.6) is 5.75 Å². The second-order valence-electron chi connectivity index (χ2n) is 6.72. The molecular weight excluding hydrogens is 417 g/mol. The van der Waals surface area contributed by atoms with Crippen molar-refractivity contribution in [1.82, 2.24) is 15.2 Å². The molecule has 2 aromatic rings. The number of piperidine rings is 1. The normalized spacial score (nSPS) is 15.9. The Morgan fingerprint density at radius 3 is 2.50 bits per heavy atom. The summed E-state index contributed by atoms with van der Waals surface area (Å²) in [6, 6.07) is 7.99. The minimum absolute atomic E-state index is 0.106. The standard InChI is InChI=1S/C19H22FN3O6S/c1-13(28-15-8-4-3-7-14(15)20)18(24)21-22-19(25)16-9-10-17(29-16)30(26,27)23-11-5-2-6-12-23/h3-4,7-10,13H,2,5-6,11-12H2,1H3,(H,21,24)(H,22,25). The van der Waals surface area contributed by atoms with Gasteiger partial charge in [-0.05, 0) is 44.0 Å². The van der Waals surface area contributed by atoms with Gasteiger partial charge in [-0.1, -0.05) is 18.6 Å². The summed E-state index contributed by atoms with van der Waals surface area (Å²) in [6.45, 7) is 2.19. The van der Waals surface area contributed by atoms with Crippen LogP contribution in [0.1, 0.15) is 36.7 Å². The third kappa shape index (κ3) is 4.97. The molecule has 1 aromatic heterocycles. The first-order valence-electron chi connectivity index (χ1n) is 9.40. The fourth-order valence-corrected chi connectivity index (χ4v) is 4.31. The van der Waals surface area contributed by atoms with Crippen LogP contribution in [0.15, 0.2) is 45.9 Å². The average molecular weight is 439 g/mol. The second-order valence-corrected chi connectivity index (χ2v) is 8.59. The van der Waals surface area contributed by atoms with Crippen LogP contribution >= 0.6 is 0 Å². The van der Waals surface area contributed by atoms with Crippen LogP contribution in [0.4, 0.5) is 4.39 Å². The molecule has 0 radical (unpaired) electrons. The number of hydrogen-bond acceptors (Lipinski definition) is 6. The quantitative estimate of drug-likeness (QED) is 0.663. The highest BCUT2D eigenvalue weighted by molar-refractivity contribution is 7.89. The van der Waals surface area contributed by atoms with Crippen molar-refractivity contribution < 1.29 is 31.6 Å². The molecule has 11 heteroatoms. The summed E-state index contributed by atoms with van der Waals surface area (Å²) >= 11 is 0. The molecule has 30 heavy (non-hydrogen) atoms. The summed E-state index contributed by atoms with van der Waals surface area (Å²) in [6.07, 6.45) is 1.41. The van der Waals surface area contributed by atoms with Crippen LogP contribution in [-0.4, -0.2) is 43.7 Å². The SMILES string of the molecule is CC(Oc1ccccc1F)C(=O)NNC(=O)c1ccc(S(=O)(=O)N2CCCCC2)o1. The maximum absolute atomic E-state index is 13.6. The fraction of sp³-hybridized carbons (Fsp3) is 0.368. The van der Waals surface area contributed by atoms with E-state index in [9.17, 15) is 22.4 Å². The highest BCUT2D eigenvalue weighted by Crippen LogP contribution is 2.22. The molecule has 2 N–H and O–H groups in total. The van der Waals surface area contributed by atoms with Crippen LogP contribution in [0, 0.1) is 5.82 Å². The van der Waals surface area contributed by atoms with Crippen molar-refractivity contribution in [2.45, 2.75) is 37.4 Å². The zero-order chi connectivity index (χ0) is 21.7. The lowest BCUT2D eigenvalue weighted by atomic mass is 10.2. The van der Waals surface area contributed by atoms with Crippen LogP contribution in [0.2, 0.25) is 0 Å². The number of carbonyl (C=O) groups excluding carboxylic acids is 2. The summed E-state index contributed by atoms with van der Waals surface area (Å²) < 4.78 is 50.4. The number of hydrazine groups is 1. The van der Waals surface area contributed by atoms with E-state index in [-0.39, 0.29) is 16.6 Å². The minimum Gasteiger partial charge on any atom is -0.478 e. The Bertz CT molecular complexity index is 1020. The molecule has 0 bridgehead atoms. The lowest BCUT2D eigenvalue weighted by Crippen LogP contribution is -2.47. The molecule has 1 fully saturated rings. The van der Waals surface area contributed by atoms with Crippen molar-refractivity contribution in [2.24, 2.45) is 0 Å². The van der Waals surface area contributed by atoms with Crippen molar-refractivity contribution in [3.05, 3.63) is 48.0 Å². The smallest absolute Gasteiger partial charge is 0.305 e. The van der Waals surface area contributed by atoms with E-state index in [0.29, 0.717) is 13.1 Å². The number of nitrogens with one attached hydrogen (secondary N) is 2. The largest absolute Gasteiger partial charge is 0.478 e. The molecule has 0 saturated carbocycles. The summed E-state index contributed by atoms with van der Waals surface area (Å²) in [5.41, 5.74) is 4.24. The van der Waals surface area contributed by atoms with E-state index in [1.807, 2.05) is 0 Å². The highest BCUT2D eigenvalue weighted by Gasteiger charge is 2.29. The third-order valence-corrected chi connectivity index (χ3v) is 6.30. The number of nitrogens with zero attached hydrogens (tertiary/aromatic N) is 1. The van der Waals surface area contributed by atoms with E-state index in [1.165, 1.54) is 41.6 Å². The first-order valence-corrected chi connectivity index (χ1v) is 10.8. The van der Waals surface area contributed by atoms with Crippen molar-refractivity contribution in [3.8, 4) is 5.75 Å². The molecule has 162 valence electrons. The molecule has 1 aliphatic rings. The number of para-hydroxylation sites is 1. The molecule has 1 atom stereocenters. The molecule has 3 rings (SSSR count). The topological polar surface area (TPSA) is 118 Å². The van der Waals surface area contributed by atoms with E-state index in [4.69, 9.17) is 9.15 Å². The molecule has 1 aliphatic heterocycles. The third-order valence-electron chi connectivity index (χ3n) is 4.52. The van der Waals surface area contributed by atoms with Gasteiger partial charge in [0, 0.05) is 13.1 Å². The van der Waals surface area contributed by atoms with Gasteiger partial charge in [-0.15, -0.1) is 0 Å². The number of benzene rings is 1. The van der Waals surface area contributed by atoms with E-state index in [2.05, 4.69) is 10.9 Å². The predicted octanol–water partition coefficient (Wildman–Crippen LogP) is 1.82. The van der Waals surface area contributed by atoms with Crippen LogP contribution in [0.3, 0.4) is 0 Å². The average Bonchev–Trinajstić information content (AvgIpc) is 3.25. The first-order chi connectivity index (χ1) is 14.3. The van der Waals surface area contributed by atoms with Crippen molar-refractivity contribution >= 4 is 21.8 Å². The lowest BCUT2D eigenvalue weighted by molar-refractivity contribution is -0.128. The summed E-state index contributed by atoms with van der Waals surface area (Å²) in [4.78, 5) is 24.2. The van der Waals surface area contributed by atoms with Gasteiger partial charge in [-0.25, -0.2) is 12.8 Å². The molecule has 2 heterocycles. The Kier molecular flexibility index (Phi) is 6.73. The molecule has 1 unspecified atom stereocenters. The Morgan fingerprint density at radius 2 is 1.80 bits per heavy atom. The Morgan fingerprint density at radius 1 is 1.10 bits per heavy atom. The number of ether oxygens (including phenoxy) is 1. The van der Waals surface area contributed by atoms with Gasteiger partial charge in [-0.2, -0.15) is 4.31 Å². The second kappa shape index (κ2) is 9.26. The maximum atomic E-state index is 13.6. The number of furan rings is 1. The number of rotatable bonds is 6. The van der Waals surface area contributed by atoms with Gasteiger partial charge in [0.2, 0.25) is 5.09 Å². The number of hydrogen-bond donors (Lipinski definition) is 2. The number of halogens is 1.